The number of nitrogens with zero attached hydrogens (tertiary/aromatic N) is 3. The molecule has 0 bridgehead atoms. The number of methoxy groups -OCH3 is 1. The van der Waals surface area contributed by atoms with Crippen molar-refractivity contribution in [1.82, 2.24) is 14.8 Å². The number of ether oxygens (including phenoxy) is 2. The molecule has 0 radical (unpaired) electrons. The molecule has 0 spiro atoms. The quantitative estimate of drug-likeness (QED) is 0.666. The lowest BCUT2D eigenvalue weighted by Crippen LogP contribution is -2.49. The second-order valence-corrected chi connectivity index (χ2v) is 10.1. The zero-order valence-corrected chi connectivity index (χ0v) is 22.0. The van der Waals surface area contributed by atoms with Crippen molar-refractivity contribution < 1.29 is 23.9 Å². The molecule has 2 heterocycles. The molecule has 4 rings (SSSR count). The molecule has 1 saturated carbocycles. The van der Waals surface area contributed by atoms with Gasteiger partial charge in [-0.1, -0.05) is 13.0 Å². The summed E-state index contributed by atoms with van der Waals surface area (Å²) < 4.78 is 11.9. The second kappa shape index (κ2) is 11.7. The smallest absolute Gasteiger partial charge is 0.257 e. The van der Waals surface area contributed by atoms with Gasteiger partial charge in [0.05, 0.1) is 24.1 Å². The van der Waals surface area contributed by atoms with Gasteiger partial charge in [-0.15, -0.1) is 0 Å². The van der Waals surface area contributed by atoms with E-state index < -0.39 is 0 Å². The van der Waals surface area contributed by atoms with Gasteiger partial charge in [-0.3, -0.25) is 19.4 Å². The van der Waals surface area contributed by atoms with Crippen molar-refractivity contribution >= 4 is 23.4 Å². The van der Waals surface area contributed by atoms with Gasteiger partial charge in [-0.25, -0.2) is 0 Å². The van der Waals surface area contributed by atoms with E-state index in [-0.39, 0.29) is 54.7 Å². The van der Waals surface area contributed by atoms with Gasteiger partial charge in [0.15, 0.2) is 0 Å². The minimum absolute atomic E-state index is 0.0202. The molecule has 2 aromatic rings. The van der Waals surface area contributed by atoms with Crippen LogP contribution >= 0.6 is 0 Å². The van der Waals surface area contributed by atoms with Crippen molar-refractivity contribution in [2.45, 2.75) is 45.3 Å². The predicted molar refractivity (Wildman–Crippen MR) is 139 cm³/mol. The number of benzene rings is 1. The Hall–Kier alpha value is -3.46. The van der Waals surface area contributed by atoms with Gasteiger partial charge < -0.3 is 24.6 Å². The first-order chi connectivity index (χ1) is 17.8. The SMILES string of the molecule is CO[C@@H]1CN(C)C(=O)c2ccc(NC(=O)C3CC3)cc2OC[C@H](C)N(C(=O)Cc2ccccn2)C[C@H]1C. The fourth-order valence-electron chi connectivity index (χ4n) is 4.55. The second-order valence-electron chi connectivity index (χ2n) is 10.1. The number of anilines is 1. The average molecular weight is 509 g/mol. The molecular formula is C28H36N4O5. The van der Waals surface area contributed by atoms with E-state index in [1.54, 1.807) is 43.5 Å². The minimum Gasteiger partial charge on any atom is -0.491 e. The normalized spacial score (nSPS) is 22.8. The number of rotatable bonds is 5. The number of carbonyl (C=O) groups is 3. The summed E-state index contributed by atoms with van der Waals surface area (Å²) in [6.07, 6.45) is 3.39. The Morgan fingerprint density at radius 1 is 1.16 bits per heavy atom. The molecule has 2 aliphatic rings. The summed E-state index contributed by atoms with van der Waals surface area (Å²) in [7, 11) is 3.35. The van der Waals surface area contributed by atoms with Crippen molar-refractivity contribution in [1.29, 1.82) is 0 Å². The topological polar surface area (TPSA) is 101 Å². The van der Waals surface area contributed by atoms with Crippen LogP contribution in [0.3, 0.4) is 0 Å². The highest BCUT2D eigenvalue weighted by atomic mass is 16.5. The van der Waals surface area contributed by atoms with Crippen LogP contribution in [0.15, 0.2) is 42.6 Å². The molecular weight excluding hydrogens is 472 g/mol. The summed E-state index contributed by atoms with van der Waals surface area (Å²) >= 11 is 0. The monoisotopic (exact) mass is 508 g/mol. The van der Waals surface area contributed by atoms with Gasteiger partial charge in [-0.2, -0.15) is 0 Å². The summed E-state index contributed by atoms with van der Waals surface area (Å²) in [4.78, 5) is 46.8. The molecule has 198 valence electrons. The van der Waals surface area contributed by atoms with Crippen molar-refractivity contribution in [2.75, 3.05) is 39.2 Å². The van der Waals surface area contributed by atoms with Crippen molar-refractivity contribution in [3.8, 4) is 5.75 Å². The van der Waals surface area contributed by atoms with E-state index in [4.69, 9.17) is 9.47 Å². The van der Waals surface area contributed by atoms with Gasteiger partial charge in [0.2, 0.25) is 11.8 Å². The average Bonchev–Trinajstić information content (AvgIpc) is 3.74. The first-order valence-corrected chi connectivity index (χ1v) is 12.8. The highest BCUT2D eigenvalue weighted by Gasteiger charge is 2.32. The number of aromatic nitrogens is 1. The zero-order chi connectivity index (χ0) is 26.5. The maximum Gasteiger partial charge on any atom is 0.257 e. The van der Waals surface area contributed by atoms with E-state index in [0.717, 1.165) is 12.8 Å². The number of hydrogen-bond acceptors (Lipinski definition) is 6. The summed E-state index contributed by atoms with van der Waals surface area (Å²) in [5.41, 5.74) is 1.68. The van der Waals surface area contributed by atoms with E-state index in [2.05, 4.69) is 10.3 Å². The Labute approximate surface area is 218 Å². The molecule has 3 atom stereocenters. The molecule has 0 saturated heterocycles. The van der Waals surface area contributed by atoms with Gasteiger partial charge >= 0.3 is 0 Å². The molecule has 9 nitrogen and oxygen atoms in total. The summed E-state index contributed by atoms with van der Waals surface area (Å²) in [6.45, 7) is 4.94. The molecule has 1 aromatic heterocycles. The summed E-state index contributed by atoms with van der Waals surface area (Å²) in [6, 6.07) is 10.3. The standard InChI is InChI=1S/C28H36N4O5/c1-18-15-32(26(33)14-21-7-5-6-12-29-21)19(2)17-37-24-13-22(30-27(34)20-8-9-20)10-11-23(24)28(35)31(3)16-25(18)36-4/h5-7,10-13,18-20,25H,8-9,14-17H2,1-4H3,(H,30,34)/t18-,19+,25-/m1/s1. The number of nitrogens with one attached hydrogen (secondary N) is 1. The Kier molecular flexibility index (Phi) is 8.43. The first-order valence-electron chi connectivity index (χ1n) is 12.8. The van der Waals surface area contributed by atoms with Crippen LogP contribution in [0.2, 0.25) is 0 Å². The van der Waals surface area contributed by atoms with Crippen molar-refractivity contribution in [3.05, 3.63) is 53.9 Å². The third-order valence-electron chi connectivity index (χ3n) is 7.04. The van der Waals surface area contributed by atoms with Crippen molar-refractivity contribution in [3.63, 3.8) is 0 Å². The van der Waals surface area contributed by atoms with Crippen LogP contribution in [-0.4, -0.2) is 78.5 Å². The maximum atomic E-state index is 13.4. The molecule has 1 fully saturated rings. The molecule has 0 unspecified atom stereocenters. The molecule has 1 N–H and O–H groups in total. The summed E-state index contributed by atoms with van der Waals surface area (Å²) in [5.74, 6) is 0.130. The number of fused-ring (bicyclic) bond motifs is 1. The number of likely N-dealkylation sites (N-methyl/N-ethyl adjacent to an activating group) is 1. The Bertz CT molecular complexity index is 1120. The number of carbonyl (C=O) groups excluding carboxylic acids is 3. The fraction of sp³-hybridized carbons (Fsp3) is 0.500. The minimum atomic E-state index is -0.277. The van der Waals surface area contributed by atoms with Gasteiger partial charge in [0, 0.05) is 62.7 Å². The fourth-order valence-corrected chi connectivity index (χ4v) is 4.55. The molecule has 3 amide bonds. The molecule has 1 aliphatic heterocycles. The number of pyridine rings is 1. The highest BCUT2D eigenvalue weighted by Crippen LogP contribution is 2.32. The van der Waals surface area contributed by atoms with Gasteiger partial charge in [-0.05, 0) is 44.0 Å². The van der Waals surface area contributed by atoms with E-state index in [1.807, 2.05) is 36.9 Å². The van der Waals surface area contributed by atoms with Gasteiger partial charge in [0.25, 0.3) is 5.91 Å². The van der Waals surface area contributed by atoms with Crippen LogP contribution in [0.5, 0.6) is 5.75 Å². The Morgan fingerprint density at radius 3 is 2.62 bits per heavy atom. The molecule has 1 aliphatic carbocycles. The van der Waals surface area contributed by atoms with E-state index in [9.17, 15) is 14.4 Å². The van der Waals surface area contributed by atoms with E-state index >= 15 is 0 Å². The van der Waals surface area contributed by atoms with E-state index in [0.29, 0.717) is 35.8 Å². The van der Waals surface area contributed by atoms with Gasteiger partial charge in [0.1, 0.15) is 12.4 Å². The molecule has 9 heteroatoms. The van der Waals surface area contributed by atoms with Crippen LogP contribution in [-0.2, 0) is 20.7 Å². The van der Waals surface area contributed by atoms with Crippen LogP contribution in [0.4, 0.5) is 5.69 Å². The van der Waals surface area contributed by atoms with Crippen LogP contribution in [0.25, 0.3) is 0 Å². The predicted octanol–water partition coefficient (Wildman–Crippen LogP) is 3.01. The zero-order valence-electron chi connectivity index (χ0n) is 22.0. The lowest BCUT2D eigenvalue weighted by Gasteiger charge is -2.36. The number of hydrogen-bond donors (Lipinski definition) is 1. The Balaban J connectivity index is 1.62. The third kappa shape index (κ3) is 6.65. The first kappa shape index (κ1) is 26.6. The lowest BCUT2D eigenvalue weighted by atomic mass is 10.0. The van der Waals surface area contributed by atoms with Crippen molar-refractivity contribution in [2.24, 2.45) is 11.8 Å². The van der Waals surface area contributed by atoms with Crippen LogP contribution in [0.1, 0.15) is 42.7 Å². The lowest BCUT2D eigenvalue weighted by molar-refractivity contribution is -0.134. The Morgan fingerprint density at radius 2 is 1.95 bits per heavy atom. The molecule has 1 aromatic carbocycles. The maximum absolute atomic E-state index is 13.4. The van der Waals surface area contributed by atoms with Crippen LogP contribution in [0, 0.1) is 11.8 Å². The van der Waals surface area contributed by atoms with Crippen LogP contribution < -0.4 is 10.1 Å². The van der Waals surface area contributed by atoms with E-state index in [1.165, 1.54) is 0 Å². The summed E-state index contributed by atoms with van der Waals surface area (Å²) in [5, 5.41) is 2.92. The number of amides is 3. The largest absolute Gasteiger partial charge is 0.491 e. The molecule has 37 heavy (non-hydrogen) atoms. The highest BCUT2D eigenvalue weighted by molar-refractivity contribution is 5.99. The third-order valence-corrected chi connectivity index (χ3v) is 7.04.